The average Bonchev–Trinajstić information content (AvgIpc) is 1.94. The maximum atomic E-state index is 5.04. The van der Waals surface area contributed by atoms with Gasteiger partial charge in [0.15, 0.2) is 0 Å². The summed E-state index contributed by atoms with van der Waals surface area (Å²) in [6.07, 6.45) is 0.971. The van der Waals surface area contributed by atoms with Crippen LogP contribution in [0.1, 0.15) is 20.3 Å². The summed E-state index contributed by atoms with van der Waals surface area (Å²) in [5.74, 6) is 0. The normalized spacial score (nSPS) is 25.2. The largest absolute Gasteiger partial charge is 0.378 e. The van der Waals surface area contributed by atoms with Crippen LogP contribution < -0.4 is 10.6 Å². The van der Waals surface area contributed by atoms with Gasteiger partial charge in [0, 0.05) is 25.0 Å². The Balaban J connectivity index is 2.48. The topological polar surface area (TPSA) is 24.1 Å². The van der Waals surface area contributed by atoms with E-state index in [4.69, 9.17) is 12.2 Å². The van der Waals surface area contributed by atoms with E-state index in [1.54, 1.807) is 0 Å². The Morgan fingerprint density at radius 2 is 2.20 bits per heavy atom. The molecule has 0 aromatic rings. The molecule has 0 aromatic heterocycles. The van der Waals surface area contributed by atoms with Gasteiger partial charge >= 0.3 is 0 Å². The van der Waals surface area contributed by atoms with E-state index in [2.05, 4.69) is 24.5 Å². The second kappa shape index (κ2) is 2.84. The molecule has 1 aliphatic heterocycles. The van der Waals surface area contributed by atoms with Crippen LogP contribution in [-0.2, 0) is 0 Å². The lowest BCUT2D eigenvalue weighted by Gasteiger charge is -2.23. The number of hydrogen-bond acceptors (Lipinski definition) is 2. The third-order valence-corrected chi connectivity index (χ3v) is 2.03. The van der Waals surface area contributed by atoms with Gasteiger partial charge in [-0.15, -0.1) is 0 Å². The maximum absolute atomic E-state index is 5.04. The SMILES string of the molecule is CC1(C)CNC(=S)CCN1. The third-order valence-electron chi connectivity index (χ3n) is 1.68. The Bertz CT molecular complexity index is 143. The predicted molar refractivity (Wildman–Crippen MR) is 47.3 cm³/mol. The quantitative estimate of drug-likeness (QED) is 0.507. The highest BCUT2D eigenvalue weighted by atomic mass is 32.1. The molecule has 0 unspecified atom stereocenters. The molecule has 1 aliphatic rings. The van der Waals surface area contributed by atoms with E-state index < -0.39 is 0 Å². The van der Waals surface area contributed by atoms with Crippen LogP contribution in [-0.4, -0.2) is 23.6 Å². The first-order chi connectivity index (χ1) is 4.60. The molecule has 0 aliphatic carbocycles. The van der Waals surface area contributed by atoms with Crippen LogP contribution in [0.15, 0.2) is 0 Å². The van der Waals surface area contributed by atoms with Gasteiger partial charge < -0.3 is 10.6 Å². The molecule has 0 atom stereocenters. The van der Waals surface area contributed by atoms with Crippen LogP contribution in [0.2, 0.25) is 0 Å². The maximum Gasteiger partial charge on any atom is 0.0766 e. The first-order valence-electron chi connectivity index (χ1n) is 3.62. The molecule has 1 rings (SSSR count). The fourth-order valence-electron chi connectivity index (χ4n) is 0.985. The van der Waals surface area contributed by atoms with Crippen LogP contribution in [0, 0.1) is 0 Å². The van der Waals surface area contributed by atoms with Gasteiger partial charge in [0.2, 0.25) is 0 Å². The molecule has 0 spiro atoms. The van der Waals surface area contributed by atoms with Crippen LogP contribution in [0.25, 0.3) is 0 Å². The lowest BCUT2D eigenvalue weighted by Crippen LogP contribution is -2.45. The van der Waals surface area contributed by atoms with Crippen LogP contribution in [0.4, 0.5) is 0 Å². The molecule has 3 heteroatoms. The van der Waals surface area contributed by atoms with Gasteiger partial charge in [-0.05, 0) is 13.8 Å². The van der Waals surface area contributed by atoms with Gasteiger partial charge in [-0.3, -0.25) is 0 Å². The molecule has 0 bridgehead atoms. The molecule has 1 saturated heterocycles. The van der Waals surface area contributed by atoms with E-state index in [0.29, 0.717) is 0 Å². The van der Waals surface area contributed by atoms with E-state index >= 15 is 0 Å². The summed E-state index contributed by atoms with van der Waals surface area (Å²) in [6, 6.07) is 0. The average molecular weight is 158 g/mol. The van der Waals surface area contributed by atoms with Crippen molar-refractivity contribution in [3.8, 4) is 0 Å². The monoisotopic (exact) mass is 158 g/mol. The van der Waals surface area contributed by atoms with Gasteiger partial charge in [0.05, 0.1) is 4.99 Å². The molecular formula is C7H14N2S. The van der Waals surface area contributed by atoms with Crippen molar-refractivity contribution in [2.75, 3.05) is 13.1 Å². The lowest BCUT2D eigenvalue weighted by atomic mass is 10.1. The Kier molecular flexibility index (Phi) is 2.26. The minimum absolute atomic E-state index is 0.195. The van der Waals surface area contributed by atoms with Crippen molar-refractivity contribution in [1.82, 2.24) is 10.6 Å². The minimum atomic E-state index is 0.195. The Morgan fingerprint density at radius 1 is 1.50 bits per heavy atom. The van der Waals surface area contributed by atoms with Crippen molar-refractivity contribution in [1.29, 1.82) is 0 Å². The van der Waals surface area contributed by atoms with E-state index in [9.17, 15) is 0 Å². The zero-order valence-corrected chi connectivity index (χ0v) is 7.35. The van der Waals surface area contributed by atoms with E-state index in [0.717, 1.165) is 24.5 Å². The predicted octanol–water partition coefficient (Wildman–Crippen LogP) is 0.675. The minimum Gasteiger partial charge on any atom is -0.378 e. The molecule has 2 nitrogen and oxygen atoms in total. The molecule has 0 saturated carbocycles. The van der Waals surface area contributed by atoms with Crippen molar-refractivity contribution in [3.63, 3.8) is 0 Å². The molecule has 2 N–H and O–H groups in total. The molecule has 1 heterocycles. The molecule has 0 aromatic carbocycles. The van der Waals surface area contributed by atoms with Crippen molar-refractivity contribution in [2.45, 2.75) is 25.8 Å². The Labute approximate surface area is 67.4 Å². The van der Waals surface area contributed by atoms with Gasteiger partial charge in [0.25, 0.3) is 0 Å². The van der Waals surface area contributed by atoms with Gasteiger partial charge in [-0.25, -0.2) is 0 Å². The fraction of sp³-hybridized carbons (Fsp3) is 0.857. The first-order valence-corrected chi connectivity index (χ1v) is 4.03. The van der Waals surface area contributed by atoms with Crippen molar-refractivity contribution in [2.24, 2.45) is 0 Å². The van der Waals surface area contributed by atoms with Gasteiger partial charge in [0.1, 0.15) is 0 Å². The highest BCUT2D eigenvalue weighted by molar-refractivity contribution is 7.80. The Hall–Kier alpha value is -0.150. The van der Waals surface area contributed by atoms with Gasteiger partial charge in [-0.2, -0.15) is 0 Å². The summed E-state index contributed by atoms with van der Waals surface area (Å²) in [4.78, 5) is 0.984. The second-order valence-corrected chi connectivity index (χ2v) is 3.83. The Morgan fingerprint density at radius 3 is 2.90 bits per heavy atom. The lowest BCUT2D eigenvalue weighted by molar-refractivity contribution is 0.405. The molecule has 58 valence electrons. The molecule has 0 radical (unpaired) electrons. The van der Waals surface area contributed by atoms with E-state index in [-0.39, 0.29) is 5.54 Å². The van der Waals surface area contributed by atoms with E-state index in [1.165, 1.54) is 0 Å². The van der Waals surface area contributed by atoms with Crippen LogP contribution in [0.5, 0.6) is 0 Å². The first kappa shape index (κ1) is 7.95. The molecule has 1 fully saturated rings. The number of nitrogens with one attached hydrogen (secondary N) is 2. The highest BCUT2D eigenvalue weighted by Crippen LogP contribution is 2.03. The number of thiocarbonyl (C=S) groups is 1. The summed E-state index contributed by atoms with van der Waals surface area (Å²) in [6.45, 7) is 6.28. The number of hydrogen-bond donors (Lipinski definition) is 2. The summed E-state index contributed by atoms with van der Waals surface area (Å²) < 4.78 is 0. The van der Waals surface area contributed by atoms with Crippen LogP contribution in [0.3, 0.4) is 0 Å². The standard InChI is InChI=1S/C7H14N2S/c1-7(2)5-8-6(10)3-4-9-7/h9H,3-5H2,1-2H3,(H,8,10). The second-order valence-electron chi connectivity index (χ2n) is 3.34. The summed E-state index contributed by atoms with van der Waals surface area (Å²) in [5, 5.41) is 6.60. The van der Waals surface area contributed by atoms with Gasteiger partial charge in [-0.1, -0.05) is 12.2 Å². The van der Waals surface area contributed by atoms with Crippen molar-refractivity contribution in [3.05, 3.63) is 0 Å². The summed E-state index contributed by atoms with van der Waals surface area (Å²) >= 11 is 5.04. The summed E-state index contributed by atoms with van der Waals surface area (Å²) in [5.41, 5.74) is 0.195. The molecule has 10 heavy (non-hydrogen) atoms. The summed E-state index contributed by atoms with van der Waals surface area (Å²) in [7, 11) is 0. The smallest absolute Gasteiger partial charge is 0.0766 e. The zero-order chi connectivity index (χ0) is 7.61. The van der Waals surface area contributed by atoms with Crippen LogP contribution >= 0.6 is 12.2 Å². The number of rotatable bonds is 0. The zero-order valence-electron chi connectivity index (χ0n) is 6.53. The van der Waals surface area contributed by atoms with Crippen molar-refractivity contribution >= 4 is 17.2 Å². The van der Waals surface area contributed by atoms with E-state index in [1.807, 2.05) is 0 Å². The van der Waals surface area contributed by atoms with Crippen molar-refractivity contribution < 1.29 is 0 Å². The molecular weight excluding hydrogens is 144 g/mol. The fourth-order valence-corrected chi connectivity index (χ4v) is 1.16. The highest BCUT2D eigenvalue weighted by Gasteiger charge is 2.19. The molecule has 0 amide bonds. The third kappa shape index (κ3) is 2.23.